The Balaban J connectivity index is 0.00000210. The van der Waals surface area contributed by atoms with Crippen LogP contribution in [0.3, 0.4) is 0 Å². The van der Waals surface area contributed by atoms with Gasteiger partial charge in [-0.15, -0.1) is 17.5 Å². The van der Waals surface area contributed by atoms with Gasteiger partial charge in [-0.2, -0.15) is 0 Å². The van der Waals surface area contributed by atoms with Gasteiger partial charge in [0.1, 0.15) is 0 Å². The fraction of sp³-hybridized carbons (Fsp3) is 0.765. The van der Waals surface area contributed by atoms with Gasteiger partial charge in [-0.05, 0) is 25.7 Å². The average molecular weight is 399 g/mol. The maximum Gasteiger partial charge on any atom is 0.276 e. The largest absolute Gasteiger partial charge is 0.374 e. The zero-order chi connectivity index (χ0) is 18.3. The molecule has 0 unspecified atom stereocenters. The van der Waals surface area contributed by atoms with Crippen LogP contribution in [0.5, 0.6) is 0 Å². The monoisotopic (exact) mass is 398 g/mol. The molecule has 9 nitrogen and oxygen atoms in total. The molecule has 0 radical (unpaired) electrons. The highest BCUT2D eigenvalue weighted by Crippen LogP contribution is 2.27. The van der Waals surface area contributed by atoms with Crippen molar-refractivity contribution < 1.29 is 14.3 Å². The molecule has 1 saturated carbocycles. The van der Waals surface area contributed by atoms with Crippen molar-refractivity contribution >= 4 is 24.2 Å². The van der Waals surface area contributed by atoms with Crippen LogP contribution < -0.4 is 5.73 Å². The summed E-state index contributed by atoms with van der Waals surface area (Å²) >= 11 is 0. The zero-order valence-electron chi connectivity index (χ0n) is 15.5. The van der Waals surface area contributed by atoms with E-state index in [0.29, 0.717) is 31.8 Å². The molecular weight excluding hydrogens is 372 g/mol. The van der Waals surface area contributed by atoms with Crippen molar-refractivity contribution in [1.29, 1.82) is 0 Å². The van der Waals surface area contributed by atoms with Gasteiger partial charge in [-0.25, -0.2) is 4.68 Å². The van der Waals surface area contributed by atoms with Crippen LogP contribution in [0.2, 0.25) is 0 Å². The van der Waals surface area contributed by atoms with E-state index in [4.69, 9.17) is 10.5 Å². The molecule has 2 saturated heterocycles. The summed E-state index contributed by atoms with van der Waals surface area (Å²) in [5.41, 5.74) is 6.31. The lowest BCUT2D eigenvalue weighted by Crippen LogP contribution is -2.43. The maximum absolute atomic E-state index is 12.8. The number of carbonyl (C=O) groups excluding carboxylic acids is 2. The van der Waals surface area contributed by atoms with Gasteiger partial charge < -0.3 is 20.3 Å². The Bertz CT molecular complexity index is 690. The number of fused-ring (bicyclic) bond motifs is 1. The molecule has 1 aromatic heterocycles. The molecule has 3 aliphatic rings. The van der Waals surface area contributed by atoms with Crippen molar-refractivity contribution in [3.63, 3.8) is 0 Å². The number of amides is 2. The summed E-state index contributed by atoms with van der Waals surface area (Å²) in [7, 11) is 1.78. The van der Waals surface area contributed by atoms with E-state index in [1.165, 1.54) is 0 Å². The van der Waals surface area contributed by atoms with Crippen LogP contribution >= 0.6 is 12.4 Å². The van der Waals surface area contributed by atoms with E-state index in [2.05, 4.69) is 10.3 Å². The standard InChI is InChI=1S/C17H26N6O3.ClH/c1-21-14-9-22(10-15(14)26-7-6-16(21)24)17(25)13-8-23(20-19-13)12-4-2-11(18)3-5-12;/h8,11-12,14-15H,2-7,9-10,18H2,1H3;1H/t11?,12?,14-,15-;/m0./s1. The minimum absolute atomic E-state index is 0. The van der Waals surface area contributed by atoms with Gasteiger partial charge in [0.05, 0.1) is 37.4 Å². The lowest BCUT2D eigenvalue weighted by atomic mass is 9.92. The van der Waals surface area contributed by atoms with Gasteiger partial charge in [0.25, 0.3) is 5.91 Å². The van der Waals surface area contributed by atoms with E-state index in [9.17, 15) is 9.59 Å². The molecule has 1 aromatic rings. The molecule has 0 aromatic carbocycles. The predicted octanol–water partition coefficient (Wildman–Crippen LogP) is 0.214. The topological polar surface area (TPSA) is 107 Å². The Hall–Kier alpha value is -1.71. The number of likely N-dealkylation sites (tertiary alicyclic amines) is 1. The Morgan fingerprint density at radius 2 is 2.00 bits per heavy atom. The molecule has 3 fully saturated rings. The molecule has 3 heterocycles. The lowest BCUT2D eigenvalue weighted by molar-refractivity contribution is -0.131. The van der Waals surface area contributed by atoms with Crippen LogP contribution in [0.25, 0.3) is 0 Å². The summed E-state index contributed by atoms with van der Waals surface area (Å²) in [6.07, 6.45) is 5.89. The summed E-state index contributed by atoms with van der Waals surface area (Å²) in [5, 5.41) is 8.27. The number of likely N-dealkylation sites (N-methyl/N-ethyl adjacent to an activating group) is 1. The van der Waals surface area contributed by atoms with E-state index in [1.54, 1.807) is 27.7 Å². The molecule has 27 heavy (non-hydrogen) atoms. The van der Waals surface area contributed by atoms with Crippen molar-refractivity contribution in [2.24, 2.45) is 5.73 Å². The van der Waals surface area contributed by atoms with Gasteiger partial charge >= 0.3 is 0 Å². The number of halogens is 1. The number of nitrogens with zero attached hydrogens (tertiary/aromatic N) is 5. The summed E-state index contributed by atoms with van der Waals surface area (Å²) in [6, 6.07) is 0.442. The van der Waals surface area contributed by atoms with E-state index in [1.807, 2.05) is 0 Å². The second-order valence-electron chi connectivity index (χ2n) is 7.59. The van der Waals surface area contributed by atoms with Crippen LogP contribution in [0.15, 0.2) is 6.20 Å². The molecule has 10 heteroatoms. The number of carbonyl (C=O) groups is 2. The normalized spacial score (nSPS) is 31.3. The zero-order valence-corrected chi connectivity index (χ0v) is 16.3. The van der Waals surface area contributed by atoms with Crippen molar-refractivity contribution in [3.05, 3.63) is 11.9 Å². The first-order valence-corrected chi connectivity index (χ1v) is 9.37. The second-order valence-corrected chi connectivity index (χ2v) is 7.59. The van der Waals surface area contributed by atoms with E-state index in [-0.39, 0.29) is 48.5 Å². The van der Waals surface area contributed by atoms with Crippen LogP contribution in [-0.4, -0.2) is 81.5 Å². The molecule has 4 rings (SSSR count). The fourth-order valence-corrected chi connectivity index (χ4v) is 4.20. The molecule has 1 aliphatic carbocycles. The number of nitrogens with two attached hydrogens (primary N) is 1. The first-order chi connectivity index (χ1) is 12.5. The first kappa shape index (κ1) is 20.0. The number of aromatic nitrogens is 3. The smallest absolute Gasteiger partial charge is 0.276 e. The minimum atomic E-state index is -0.152. The van der Waals surface area contributed by atoms with Gasteiger partial charge in [0.2, 0.25) is 5.91 Å². The van der Waals surface area contributed by atoms with Crippen molar-refractivity contribution in [3.8, 4) is 0 Å². The fourth-order valence-electron chi connectivity index (χ4n) is 4.20. The summed E-state index contributed by atoms with van der Waals surface area (Å²) in [4.78, 5) is 28.3. The van der Waals surface area contributed by atoms with Gasteiger partial charge in [-0.1, -0.05) is 5.21 Å². The highest BCUT2D eigenvalue weighted by Gasteiger charge is 2.42. The molecule has 2 aliphatic heterocycles. The van der Waals surface area contributed by atoms with Crippen LogP contribution in [0, 0.1) is 0 Å². The average Bonchev–Trinajstić information content (AvgIpc) is 3.26. The minimum Gasteiger partial charge on any atom is -0.374 e. The molecule has 0 bridgehead atoms. The number of ether oxygens (including phenoxy) is 1. The van der Waals surface area contributed by atoms with Crippen molar-refractivity contribution in [2.45, 2.75) is 56.3 Å². The number of rotatable bonds is 2. The van der Waals surface area contributed by atoms with Crippen LogP contribution in [-0.2, 0) is 9.53 Å². The molecule has 2 amide bonds. The Kier molecular flexibility index (Phi) is 6.02. The molecular formula is C17H27ClN6O3. The van der Waals surface area contributed by atoms with E-state index in [0.717, 1.165) is 25.7 Å². The molecule has 2 N–H and O–H groups in total. The second kappa shape index (κ2) is 8.12. The van der Waals surface area contributed by atoms with Crippen LogP contribution in [0.4, 0.5) is 0 Å². The molecule has 2 atom stereocenters. The maximum atomic E-state index is 12.8. The summed E-state index contributed by atoms with van der Waals surface area (Å²) in [6.45, 7) is 1.36. The Morgan fingerprint density at radius 1 is 1.26 bits per heavy atom. The number of hydrogen-bond acceptors (Lipinski definition) is 6. The molecule has 150 valence electrons. The van der Waals surface area contributed by atoms with Crippen molar-refractivity contribution in [1.82, 2.24) is 24.8 Å². The first-order valence-electron chi connectivity index (χ1n) is 9.37. The Morgan fingerprint density at radius 3 is 2.74 bits per heavy atom. The molecule has 0 spiro atoms. The van der Waals surface area contributed by atoms with E-state index < -0.39 is 0 Å². The third-order valence-corrected chi connectivity index (χ3v) is 5.91. The highest BCUT2D eigenvalue weighted by molar-refractivity contribution is 5.92. The summed E-state index contributed by atoms with van der Waals surface area (Å²) < 4.78 is 7.59. The Labute approximate surface area is 164 Å². The third-order valence-electron chi connectivity index (χ3n) is 5.91. The lowest BCUT2D eigenvalue weighted by Gasteiger charge is -2.25. The predicted molar refractivity (Wildman–Crippen MR) is 99.6 cm³/mol. The van der Waals surface area contributed by atoms with Gasteiger partial charge in [0.15, 0.2) is 5.69 Å². The SMILES string of the molecule is CN1C(=O)CCO[C@H]2CN(C(=O)c3cn(C4CCC(N)CC4)nn3)C[C@@H]21.Cl. The summed E-state index contributed by atoms with van der Waals surface area (Å²) in [5.74, 6) is -0.0884. The van der Waals surface area contributed by atoms with Crippen molar-refractivity contribution in [2.75, 3.05) is 26.7 Å². The van der Waals surface area contributed by atoms with E-state index >= 15 is 0 Å². The number of hydrogen-bond donors (Lipinski definition) is 1. The van der Waals surface area contributed by atoms with Gasteiger partial charge in [0, 0.05) is 26.2 Å². The van der Waals surface area contributed by atoms with Crippen LogP contribution in [0.1, 0.15) is 48.6 Å². The highest BCUT2D eigenvalue weighted by atomic mass is 35.5. The quantitative estimate of drug-likeness (QED) is 0.763. The van der Waals surface area contributed by atoms with Gasteiger partial charge in [-0.3, -0.25) is 9.59 Å². The third kappa shape index (κ3) is 3.95.